The van der Waals surface area contributed by atoms with Gasteiger partial charge in [0.15, 0.2) is 0 Å². The van der Waals surface area contributed by atoms with E-state index < -0.39 is 10.9 Å². The van der Waals surface area contributed by atoms with Crippen molar-refractivity contribution in [3.63, 3.8) is 0 Å². The number of hydrogen-bond donors (Lipinski definition) is 0. The Kier molecular flexibility index (Phi) is 3.52. The molecule has 0 saturated heterocycles. The maximum absolute atomic E-state index is 12.9. The van der Waals surface area contributed by atoms with E-state index >= 15 is 0 Å². The summed E-state index contributed by atoms with van der Waals surface area (Å²) in [6.45, 7) is 0. The van der Waals surface area contributed by atoms with Crippen molar-refractivity contribution in [1.82, 2.24) is 4.98 Å². The molecule has 18 heavy (non-hydrogen) atoms. The summed E-state index contributed by atoms with van der Waals surface area (Å²) < 4.78 is 18.6. The van der Waals surface area contributed by atoms with Gasteiger partial charge in [-0.25, -0.2) is 0 Å². The zero-order valence-electron chi connectivity index (χ0n) is 8.84. The lowest BCUT2D eigenvalue weighted by atomic mass is 10.3. The van der Waals surface area contributed by atoms with Gasteiger partial charge in [0.2, 0.25) is 17.6 Å². The number of nitro benzene ring substituents is 1. The summed E-state index contributed by atoms with van der Waals surface area (Å²) in [5.74, 6) is -0.756. The molecule has 0 fully saturated rings. The molecule has 0 atom stereocenters. The largest absolute Gasteiger partial charge is 0.432 e. The van der Waals surface area contributed by atoms with Crippen molar-refractivity contribution in [2.24, 2.45) is 0 Å². The van der Waals surface area contributed by atoms with Crippen molar-refractivity contribution in [1.29, 1.82) is 0 Å². The van der Waals surface area contributed by atoms with Crippen LogP contribution in [0, 0.1) is 16.1 Å². The highest BCUT2D eigenvalue weighted by molar-refractivity contribution is 9.10. The van der Waals surface area contributed by atoms with Crippen LogP contribution in [0.1, 0.15) is 0 Å². The first kappa shape index (κ1) is 12.4. The second-order valence-corrected chi connectivity index (χ2v) is 4.19. The number of nitrogens with zero attached hydrogens (tertiary/aromatic N) is 2. The van der Waals surface area contributed by atoms with Crippen LogP contribution < -0.4 is 4.74 Å². The normalized spacial score (nSPS) is 10.1. The molecule has 5 nitrogen and oxygen atoms in total. The lowest BCUT2D eigenvalue weighted by Gasteiger charge is -2.05. The molecule has 0 spiro atoms. The van der Waals surface area contributed by atoms with E-state index in [0.717, 1.165) is 6.07 Å². The fraction of sp³-hybridized carbons (Fsp3) is 0. The Balaban J connectivity index is 2.37. The van der Waals surface area contributed by atoms with E-state index in [9.17, 15) is 14.5 Å². The van der Waals surface area contributed by atoms with E-state index in [0.29, 0.717) is 4.47 Å². The number of hydrogen-bond acceptors (Lipinski definition) is 4. The summed E-state index contributed by atoms with van der Waals surface area (Å²) >= 11 is 3.13. The number of rotatable bonds is 3. The topological polar surface area (TPSA) is 65.3 Å². The van der Waals surface area contributed by atoms with Gasteiger partial charge in [0.05, 0.1) is 4.92 Å². The maximum Gasteiger partial charge on any atom is 0.312 e. The Morgan fingerprint density at radius 2 is 2.11 bits per heavy atom. The lowest BCUT2D eigenvalue weighted by molar-refractivity contribution is -0.385. The smallest absolute Gasteiger partial charge is 0.312 e. The third kappa shape index (κ3) is 2.80. The molecule has 1 aromatic carbocycles. The second-order valence-electron chi connectivity index (χ2n) is 3.27. The van der Waals surface area contributed by atoms with Gasteiger partial charge in [-0.3, -0.25) is 10.1 Å². The van der Waals surface area contributed by atoms with E-state index in [4.69, 9.17) is 4.74 Å². The average molecular weight is 313 g/mol. The van der Waals surface area contributed by atoms with Gasteiger partial charge in [-0.1, -0.05) is 22.0 Å². The summed E-state index contributed by atoms with van der Waals surface area (Å²) in [5, 5.41) is 10.8. The summed E-state index contributed by atoms with van der Waals surface area (Å²) in [6.07, 6.45) is 0. The molecule has 0 aliphatic carbocycles. The average Bonchev–Trinajstić information content (AvgIpc) is 2.31. The number of aromatic nitrogens is 1. The molecule has 0 radical (unpaired) electrons. The van der Waals surface area contributed by atoms with Gasteiger partial charge < -0.3 is 4.74 Å². The molecule has 0 N–H and O–H groups in total. The van der Waals surface area contributed by atoms with Gasteiger partial charge >= 0.3 is 5.69 Å². The maximum atomic E-state index is 12.9. The molecule has 0 aliphatic heterocycles. The van der Waals surface area contributed by atoms with Gasteiger partial charge in [0.25, 0.3) is 0 Å². The van der Waals surface area contributed by atoms with Gasteiger partial charge in [-0.15, -0.1) is 0 Å². The third-order valence-corrected chi connectivity index (χ3v) is 2.52. The highest BCUT2D eigenvalue weighted by Crippen LogP contribution is 2.32. The van der Waals surface area contributed by atoms with Crippen LogP contribution in [0.25, 0.3) is 0 Å². The first-order valence-electron chi connectivity index (χ1n) is 4.80. The van der Waals surface area contributed by atoms with Crippen molar-refractivity contribution in [2.75, 3.05) is 0 Å². The van der Waals surface area contributed by atoms with Crippen LogP contribution in [-0.4, -0.2) is 9.91 Å². The van der Waals surface area contributed by atoms with Crippen molar-refractivity contribution in [2.45, 2.75) is 0 Å². The summed E-state index contributed by atoms with van der Waals surface area (Å²) in [7, 11) is 0. The van der Waals surface area contributed by atoms with Crippen LogP contribution in [-0.2, 0) is 0 Å². The van der Waals surface area contributed by atoms with Crippen molar-refractivity contribution in [3.05, 3.63) is 56.9 Å². The van der Waals surface area contributed by atoms with Crippen LogP contribution in [0.2, 0.25) is 0 Å². The van der Waals surface area contributed by atoms with Crippen LogP contribution in [0.3, 0.4) is 0 Å². The Morgan fingerprint density at radius 3 is 2.78 bits per heavy atom. The first-order valence-corrected chi connectivity index (χ1v) is 5.60. The lowest BCUT2D eigenvalue weighted by Crippen LogP contribution is -1.95. The molecule has 0 saturated carbocycles. The van der Waals surface area contributed by atoms with E-state index in [1.165, 1.54) is 24.3 Å². The Bertz CT molecular complexity index is 607. The molecular weight excluding hydrogens is 307 g/mol. The molecule has 0 amide bonds. The van der Waals surface area contributed by atoms with E-state index in [-0.39, 0.29) is 17.3 Å². The van der Waals surface area contributed by atoms with Gasteiger partial charge in [0.1, 0.15) is 0 Å². The molecule has 2 aromatic rings. The van der Waals surface area contributed by atoms with Crippen LogP contribution in [0.5, 0.6) is 11.6 Å². The van der Waals surface area contributed by atoms with E-state index in [1.54, 1.807) is 6.07 Å². The zero-order valence-corrected chi connectivity index (χ0v) is 10.4. The number of nitro groups is 1. The predicted octanol–water partition coefficient (Wildman–Crippen LogP) is 3.68. The molecule has 1 heterocycles. The first-order chi connectivity index (χ1) is 8.56. The minimum absolute atomic E-state index is 0.00120. The standard InChI is InChI=1S/C11H6BrFN2O3/c12-7-4-5-9(8(6-7)15(16)17)18-11-3-1-2-10(13)14-11/h1-6H. The molecule has 2 rings (SSSR count). The summed E-state index contributed by atoms with van der Waals surface area (Å²) in [6, 6.07) is 8.27. The monoisotopic (exact) mass is 312 g/mol. The van der Waals surface area contributed by atoms with Crippen LogP contribution >= 0.6 is 15.9 Å². The highest BCUT2D eigenvalue weighted by Gasteiger charge is 2.16. The second kappa shape index (κ2) is 5.09. The summed E-state index contributed by atoms with van der Waals surface area (Å²) in [5.41, 5.74) is -0.226. The van der Waals surface area contributed by atoms with Crippen molar-refractivity contribution >= 4 is 21.6 Å². The fourth-order valence-electron chi connectivity index (χ4n) is 1.28. The van der Waals surface area contributed by atoms with Crippen LogP contribution in [0.4, 0.5) is 10.1 Å². The molecule has 0 aliphatic rings. The Hall–Kier alpha value is -2.02. The van der Waals surface area contributed by atoms with Gasteiger partial charge in [0, 0.05) is 16.6 Å². The van der Waals surface area contributed by atoms with Crippen LogP contribution in [0.15, 0.2) is 40.9 Å². The predicted molar refractivity (Wildman–Crippen MR) is 65.1 cm³/mol. The molecule has 0 unspecified atom stereocenters. The van der Waals surface area contributed by atoms with E-state index in [1.807, 2.05) is 0 Å². The minimum atomic E-state index is -0.715. The van der Waals surface area contributed by atoms with Gasteiger partial charge in [-0.05, 0) is 18.2 Å². The number of ether oxygens (including phenoxy) is 1. The van der Waals surface area contributed by atoms with Crippen molar-refractivity contribution < 1.29 is 14.1 Å². The van der Waals surface area contributed by atoms with Gasteiger partial charge in [-0.2, -0.15) is 9.37 Å². The Morgan fingerprint density at radius 1 is 1.33 bits per heavy atom. The molecule has 0 bridgehead atoms. The number of halogens is 2. The molecule has 1 aromatic heterocycles. The highest BCUT2D eigenvalue weighted by atomic mass is 79.9. The van der Waals surface area contributed by atoms with E-state index in [2.05, 4.69) is 20.9 Å². The summed E-state index contributed by atoms with van der Waals surface area (Å²) in [4.78, 5) is 13.7. The fourth-order valence-corrected chi connectivity index (χ4v) is 1.63. The molecule has 7 heteroatoms. The van der Waals surface area contributed by atoms with Crippen molar-refractivity contribution in [3.8, 4) is 11.6 Å². The quantitative estimate of drug-likeness (QED) is 0.492. The SMILES string of the molecule is O=[N+]([O-])c1cc(Br)ccc1Oc1cccc(F)n1. The number of benzene rings is 1. The molecular formula is C11H6BrFN2O3. The third-order valence-electron chi connectivity index (χ3n) is 2.02. The minimum Gasteiger partial charge on any atom is -0.432 e. The number of pyridine rings is 1. The molecule has 92 valence electrons. The zero-order chi connectivity index (χ0) is 13.1. The Labute approximate surface area is 110 Å².